The molecule has 1 heterocycles. The van der Waals surface area contributed by atoms with Gasteiger partial charge in [-0.25, -0.2) is 0 Å². The highest BCUT2D eigenvalue weighted by atomic mass is 14.9. The van der Waals surface area contributed by atoms with Gasteiger partial charge in [-0.15, -0.1) is 0 Å². The zero-order chi connectivity index (χ0) is 11.8. The summed E-state index contributed by atoms with van der Waals surface area (Å²) in [7, 11) is 0. The fourth-order valence-corrected chi connectivity index (χ4v) is 2.85. The van der Waals surface area contributed by atoms with Gasteiger partial charge >= 0.3 is 0 Å². The third kappa shape index (κ3) is 4.19. The van der Waals surface area contributed by atoms with Crippen LogP contribution in [0.1, 0.15) is 72.1 Å². The number of hydrogen-bond donors (Lipinski definition) is 1. The average molecular weight is 223 g/mol. The fourth-order valence-electron chi connectivity index (χ4n) is 2.85. The molecule has 1 aliphatic heterocycles. The van der Waals surface area contributed by atoms with Gasteiger partial charge in [0.05, 0.1) is 0 Å². The van der Waals surface area contributed by atoms with E-state index in [0.717, 1.165) is 5.92 Å². The fraction of sp³-hybridized carbons (Fsp3) is 0.867. The molecule has 0 fully saturated rings. The van der Waals surface area contributed by atoms with E-state index in [0.29, 0.717) is 0 Å². The average Bonchev–Trinajstić information content (AvgIpc) is 2.29. The molecule has 1 heteroatoms. The summed E-state index contributed by atoms with van der Waals surface area (Å²) in [6.07, 6.45) is 11.0. The molecule has 0 saturated heterocycles. The van der Waals surface area contributed by atoms with Gasteiger partial charge in [0, 0.05) is 12.2 Å². The lowest BCUT2D eigenvalue weighted by atomic mass is 9.84. The highest BCUT2D eigenvalue weighted by Gasteiger charge is 2.18. The lowest BCUT2D eigenvalue weighted by molar-refractivity contribution is 0.446. The van der Waals surface area contributed by atoms with E-state index in [4.69, 9.17) is 0 Å². The predicted octanol–water partition coefficient (Wildman–Crippen LogP) is 4.64. The van der Waals surface area contributed by atoms with Crippen molar-refractivity contribution >= 4 is 0 Å². The summed E-state index contributed by atoms with van der Waals surface area (Å²) in [4.78, 5) is 0. The molecule has 0 amide bonds. The second kappa shape index (κ2) is 7.76. The number of hydrogen-bond acceptors (Lipinski definition) is 1. The monoisotopic (exact) mass is 223 g/mol. The largest absolute Gasteiger partial charge is 0.389 e. The minimum absolute atomic E-state index is 0.865. The molecule has 1 nitrogen and oxygen atoms in total. The Morgan fingerprint density at radius 1 is 1.12 bits per heavy atom. The van der Waals surface area contributed by atoms with Gasteiger partial charge in [-0.2, -0.15) is 0 Å². The van der Waals surface area contributed by atoms with Crippen molar-refractivity contribution in [2.24, 2.45) is 5.92 Å². The van der Waals surface area contributed by atoms with Crippen molar-refractivity contribution in [3.8, 4) is 0 Å². The minimum atomic E-state index is 0.865. The molecular weight excluding hydrogens is 194 g/mol. The summed E-state index contributed by atoms with van der Waals surface area (Å²) in [6.45, 7) is 8.07. The van der Waals surface area contributed by atoms with Gasteiger partial charge in [-0.3, -0.25) is 0 Å². The molecule has 16 heavy (non-hydrogen) atoms. The molecule has 94 valence electrons. The molecule has 0 spiro atoms. The molecule has 1 unspecified atom stereocenters. The third-order valence-electron chi connectivity index (χ3n) is 3.78. The molecule has 0 aromatic rings. The van der Waals surface area contributed by atoms with E-state index in [9.17, 15) is 0 Å². The van der Waals surface area contributed by atoms with E-state index < -0.39 is 0 Å². The van der Waals surface area contributed by atoms with Crippen LogP contribution in [0.25, 0.3) is 0 Å². The van der Waals surface area contributed by atoms with Gasteiger partial charge in [-0.05, 0) is 44.1 Å². The van der Waals surface area contributed by atoms with Crippen LogP contribution < -0.4 is 5.32 Å². The van der Waals surface area contributed by atoms with Crippen molar-refractivity contribution in [2.45, 2.75) is 72.1 Å². The maximum atomic E-state index is 3.54. The van der Waals surface area contributed by atoms with Crippen molar-refractivity contribution in [3.05, 3.63) is 11.3 Å². The summed E-state index contributed by atoms with van der Waals surface area (Å²) < 4.78 is 0. The quantitative estimate of drug-likeness (QED) is 0.620. The van der Waals surface area contributed by atoms with E-state index in [-0.39, 0.29) is 0 Å². The van der Waals surface area contributed by atoms with Gasteiger partial charge in [0.2, 0.25) is 0 Å². The van der Waals surface area contributed by atoms with Crippen molar-refractivity contribution in [2.75, 3.05) is 6.54 Å². The van der Waals surface area contributed by atoms with Crippen molar-refractivity contribution in [1.29, 1.82) is 0 Å². The van der Waals surface area contributed by atoms with E-state index in [1.165, 1.54) is 63.6 Å². The van der Waals surface area contributed by atoms with Gasteiger partial charge in [0.25, 0.3) is 0 Å². The van der Waals surface area contributed by atoms with E-state index in [2.05, 4.69) is 26.1 Å². The maximum absolute atomic E-state index is 3.54. The molecule has 1 N–H and O–H groups in total. The molecule has 1 atom stereocenters. The van der Waals surface area contributed by atoms with Crippen LogP contribution in [0.3, 0.4) is 0 Å². The summed E-state index contributed by atoms with van der Waals surface area (Å²) in [5, 5.41) is 3.54. The molecule has 1 rings (SSSR count). The van der Waals surface area contributed by atoms with Crippen molar-refractivity contribution in [3.63, 3.8) is 0 Å². The zero-order valence-electron chi connectivity index (χ0n) is 11.4. The van der Waals surface area contributed by atoms with Crippen LogP contribution in [0.2, 0.25) is 0 Å². The Hall–Kier alpha value is -0.460. The van der Waals surface area contributed by atoms with Crippen LogP contribution in [0.5, 0.6) is 0 Å². The molecule has 1 aliphatic rings. The summed E-state index contributed by atoms with van der Waals surface area (Å²) in [5.74, 6) is 0.865. The Morgan fingerprint density at radius 3 is 2.56 bits per heavy atom. The molecular formula is C15H29N. The Kier molecular flexibility index (Phi) is 6.59. The van der Waals surface area contributed by atoms with Crippen LogP contribution in [0.4, 0.5) is 0 Å². The Morgan fingerprint density at radius 2 is 1.94 bits per heavy atom. The Balaban J connectivity index is 2.53. The Labute approximate surface area is 102 Å². The maximum Gasteiger partial charge on any atom is 0.0146 e. The first-order valence-corrected chi connectivity index (χ1v) is 7.23. The van der Waals surface area contributed by atoms with Crippen LogP contribution in [-0.2, 0) is 0 Å². The summed E-state index contributed by atoms with van der Waals surface area (Å²) >= 11 is 0. The van der Waals surface area contributed by atoms with Gasteiger partial charge < -0.3 is 5.32 Å². The normalized spacial score (nSPS) is 18.4. The highest BCUT2D eigenvalue weighted by molar-refractivity contribution is 5.16. The van der Waals surface area contributed by atoms with E-state index in [1.807, 2.05) is 0 Å². The first kappa shape index (κ1) is 13.6. The molecule has 0 saturated carbocycles. The standard InChI is InChI=1S/C15H29N/c1-4-6-7-10-14(9-5-2)15-11-8-12-16-13(15)3/h14,16H,4-12H2,1-3H3. The lowest BCUT2D eigenvalue weighted by Gasteiger charge is -2.27. The molecule has 0 aliphatic carbocycles. The van der Waals surface area contributed by atoms with Crippen LogP contribution in [0.15, 0.2) is 11.3 Å². The smallest absolute Gasteiger partial charge is 0.0146 e. The third-order valence-corrected chi connectivity index (χ3v) is 3.78. The van der Waals surface area contributed by atoms with Gasteiger partial charge in [-0.1, -0.05) is 39.5 Å². The van der Waals surface area contributed by atoms with Crippen molar-refractivity contribution in [1.82, 2.24) is 5.32 Å². The second-order valence-electron chi connectivity index (χ2n) is 5.16. The zero-order valence-corrected chi connectivity index (χ0v) is 11.4. The van der Waals surface area contributed by atoms with Crippen LogP contribution >= 0.6 is 0 Å². The second-order valence-corrected chi connectivity index (χ2v) is 5.16. The van der Waals surface area contributed by atoms with E-state index in [1.54, 1.807) is 5.57 Å². The Bertz CT molecular complexity index is 217. The SMILES string of the molecule is CCCCCC(CCC)C1=C(C)NCCC1. The number of nitrogens with one attached hydrogen (secondary N) is 1. The molecule has 0 bridgehead atoms. The predicted molar refractivity (Wildman–Crippen MR) is 72.5 cm³/mol. The highest BCUT2D eigenvalue weighted by Crippen LogP contribution is 2.30. The lowest BCUT2D eigenvalue weighted by Crippen LogP contribution is -2.23. The van der Waals surface area contributed by atoms with Crippen molar-refractivity contribution < 1.29 is 0 Å². The van der Waals surface area contributed by atoms with E-state index >= 15 is 0 Å². The number of allylic oxidation sites excluding steroid dienone is 2. The topological polar surface area (TPSA) is 12.0 Å². The van der Waals surface area contributed by atoms with Crippen LogP contribution in [-0.4, -0.2) is 6.54 Å². The number of unbranched alkanes of at least 4 members (excludes halogenated alkanes) is 2. The van der Waals surface area contributed by atoms with Gasteiger partial charge in [0.15, 0.2) is 0 Å². The van der Waals surface area contributed by atoms with Gasteiger partial charge in [0.1, 0.15) is 0 Å². The van der Waals surface area contributed by atoms with Crippen LogP contribution in [0, 0.1) is 5.92 Å². The minimum Gasteiger partial charge on any atom is -0.389 e. The molecule has 0 aromatic carbocycles. The first-order valence-electron chi connectivity index (χ1n) is 7.23. The number of rotatable bonds is 7. The molecule has 0 radical (unpaired) electrons. The molecule has 0 aromatic heterocycles. The summed E-state index contributed by atoms with van der Waals surface area (Å²) in [6, 6.07) is 0. The summed E-state index contributed by atoms with van der Waals surface area (Å²) in [5.41, 5.74) is 3.23. The first-order chi connectivity index (χ1) is 7.79.